The maximum atomic E-state index is 12.5. The van der Waals surface area contributed by atoms with Crippen LogP contribution in [0.2, 0.25) is 0 Å². The van der Waals surface area contributed by atoms with Crippen LogP contribution in [0.15, 0.2) is 67.4 Å². The van der Waals surface area contributed by atoms with Crippen LogP contribution >= 0.6 is 0 Å². The lowest BCUT2D eigenvalue weighted by molar-refractivity contribution is -0.149. The molecule has 1 atom stereocenters. The summed E-state index contributed by atoms with van der Waals surface area (Å²) in [6.07, 6.45) is 12.4. The largest absolute Gasteiger partial charge is 0.481 e. The summed E-state index contributed by atoms with van der Waals surface area (Å²) in [7, 11) is 5.42. The zero-order valence-electron chi connectivity index (χ0n) is 24.6. The molecule has 3 N–H and O–H groups in total. The van der Waals surface area contributed by atoms with E-state index in [4.69, 9.17) is 20.2 Å². The summed E-state index contributed by atoms with van der Waals surface area (Å²) < 4.78 is 12.7. The molecule has 11 nitrogen and oxygen atoms in total. The fourth-order valence-electron chi connectivity index (χ4n) is 4.41. The van der Waals surface area contributed by atoms with Gasteiger partial charge in [-0.1, -0.05) is 19.9 Å². The van der Waals surface area contributed by atoms with Crippen molar-refractivity contribution in [2.75, 3.05) is 33.1 Å². The number of methoxy groups -OCH3 is 1. The van der Waals surface area contributed by atoms with E-state index in [1.807, 2.05) is 63.3 Å². The van der Waals surface area contributed by atoms with Gasteiger partial charge >= 0.3 is 5.97 Å². The highest BCUT2D eigenvalue weighted by Gasteiger charge is 2.19. The number of amides is 1. The summed E-state index contributed by atoms with van der Waals surface area (Å²) in [4.78, 5) is 40.1. The highest BCUT2D eigenvalue weighted by Crippen LogP contribution is 2.34. The zero-order valence-corrected chi connectivity index (χ0v) is 24.6. The van der Waals surface area contributed by atoms with Crippen molar-refractivity contribution in [2.45, 2.75) is 33.0 Å². The van der Waals surface area contributed by atoms with E-state index < -0.39 is 12.0 Å². The molecule has 220 valence electrons. The molecular weight excluding hydrogens is 534 g/mol. The molecule has 0 fully saturated rings. The molecule has 0 aliphatic rings. The lowest BCUT2D eigenvalue weighted by atomic mass is 10.0. The molecule has 42 heavy (non-hydrogen) atoms. The third-order valence-electron chi connectivity index (χ3n) is 6.42. The molecule has 1 amide bonds. The van der Waals surface area contributed by atoms with Gasteiger partial charge in [0.2, 0.25) is 11.8 Å². The van der Waals surface area contributed by atoms with E-state index in [2.05, 4.69) is 15.3 Å². The maximum absolute atomic E-state index is 12.5. The van der Waals surface area contributed by atoms with Crippen LogP contribution < -0.4 is 15.8 Å². The van der Waals surface area contributed by atoms with Gasteiger partial charge in [0.15, 0.2) is 6.73 Å². The first-order valence-corrected chi connectivity index (χ1v) is 13.6. The van der Waals surface area contributed by atoms with Crippen LogP contribution in [0.3, 0.4) is 0 Å². The van der Waals surface area contributed by atoms with Gasteiger partial charge in [0.25, 0.3) is 0 Å². The Labute approximate surface area is 245 Å². The van der Waals surface area contributed by atoms with Crippen molar-refractivity contribution >= 4 is 28.6 Å². The third kappa shape index (κ3) is 7.77. The third-order valence-corrected chi connectivity index (χ3v) is 6.42. The number of hydrogen-bond donors (Lipinski definition) is 2. The lowest BCUT2D eigenvalue weighted by Gasteiger charge is -2.14. The molecule has 0 aromatic carbocycles. The predicted octanol–water partition coefficient (Wildman–Crippen LogP) is 4.10. The fraction of sp³-hybridized carbons (Fsp3) is 0.323. The van der Waals surface area contributed by atoms with Gasteiger partial charge in [-0.15, -0.1) is 0 Å². The number of nitrogens with two attached hydrogens (primary N) is 1. The smallest absolute Gasteiger partial charge is 0.324 e. The molecule has 0 spiro atoms. The van der Waals surface area contributed by atoms with Crippen molar-refractivity contribution in [2.24, 2.45) is 11.7 Å². The van der Waals surface area contributed by atoms with Crippen LogP contribution in [0.4, 0.5) is 5.69 Å². The number of hydrogen-bond acceptors (Lipinski definition) is 9. The SMILES string of the molecule is COc1cc(-c2cn(COC(=O)C(N)CC(C)C)c3ncc(-c4cncc(NC(=O)/C=C/CN(C)C)c4)cc23)ccn1. The second kappa shape index (κ2) is 13.8. The van der Waals surface area contributed by atoms with Gasteiger partial charge < -0.3 is 25.4 Å². The summed E-state index contributed by atoms with van der Waals surface area (Å²) >= 11 is 0. The van der Waals surface area contributed by atoms with Crippen molar-refractivity contribution in [3.8, 4) is 28.1 Å². The van der Waals surface area contributed by atoms with E-state index in [1.54, 1.807) is 42.5 Å². The molecule has 0 saturated carbocycles. The number of esters is 1. The Bertz CT molecular complexity index is 1580. The lowest BCUT2D eigenvalue weighted by Crippen LogP contribution is -2.33. The topological polar surface area (TPSA) is 137 Å². The summed E-state index contributed by atoms with van der Waals surface area (Å²) in [5, 5.41) is 3.68. The Balaban J connectivity index is 1.67. The molecule has 4 aromatic rings. The standard InChI is InChI=1S/C31H37N7O4/c1-20(2)11-27(32)31(40)42-19-38-18-26(21-8-9-34-29(14-21)41-5)25-13-23(16-35-30(25)38)22-12-24(17-33-15-22)36-28(39)7-6-10-37(3)4/h6-9,12-18,20,27H,10-11,19,32H2,1-5H3,(H,36,39)/b7-6+. The molecule has 4 heterocycles. The maximum Gasteiger partial charge on any atom is 0.324 e. The molecule has 0 saturated heterocycles. The van der Waals surface area contributed by atoms with E-state index in [0.29, 0.717) is 30.2 Å². The Morgan fingerprint density at radius 2 is 1.88 bits per heavy atom. The first-order valence-electron chi connectivity index (χ1n) is 13.6. The average molecular weight is 572 g/mol. The molecule has 11 heteroatoms. The minimum atomic E-state index is -0.695. The Kier molecular flexibility index (Phi) is 10.00. The molecule has 4 aromatic heterocycles. The Hall–Kier alpha value is -4.61. The van der Waals surface area contributed by atoms with Crippen LogP contribution in [0.5, 0.6) is 5.88 Å². The number of carbonyl (C=O) groups excluding carboxylic acids is 2. The van der Waals surface area contributed by atoms with Crippen molar-refractivity contribution < 1.29 is 19.1 Å². The van der Waals surface area contributed by atoms with Gasteiger partial charge in [0.1, 0.15) is 11.7 Å². The van der Waals surface area contributed by atoms with Crippen LogP contribution in [0, 0.1) is 5.92 Å². The van der Waals surface area contributed by atoms with E-state index >= 15 is 0 Å². The van der Waals surface area contributed by atoms with Gasteiger partial charge in [-0.25, -0.2) is 9.97 Å². The Morgan fingerprint density at radius 1 is 1.10 bits per heavy atom. The fourth-order valence-corrected chi connectivity index (χ4v) is 4.41. The molecule has 0 radical (unpaired) electrons. The van der Waals surface area contributed by atoms with Crippen molar-refractivity contribution in [3.63, 3.8) is 0 Å². The minimum Gasteiger partial charge on any atom is -0.481 e. The van der Waals surface area contributed by atoms with Crippen molar-refractivity contribution in [1.29, 1.82) is 0 Å². The first-order chi connectivity index (χ1) is 20.1. The quantitative estimate of drug-likeness (QED) is 0.190. The first kappa shape index (κ1) is 30.4. The van der Waals surface area contributed by atoms with Gasteiger partial charge in [-0.3, -0.25) is 19.1 Å². The average Bonchev–Trinajstić information content (AvgIpc) is 3.33. The van der Waals surface area contributed by atoms with E-state index in [0.717, 1.165) is 27.6 Å². The van der Waals surface area contributed by atoms with Gasteiger partial charge in [-0.2, -0.15) is 0 Å². The molecular formula is C31H37N7O4. The minimum absolute atomic E-state index is 0.0416. The second-order valence-corrected chi connectivity index (χ2v) is 10.6. The summed E-state index contributed by atoms with van der Waals surface area (Å²) in [5.74, 6) is 0.0406. The number of carbonyl (C=O) groups is 2. The van der Waals surface area contributed by atoms with E-state index in [9.17, 15) is 9.59 Å². The summed E-state index contributed by atoms with van der Waals surface area (Å²) in [6.45, 7) is 4.63. The second-order valence-electron chi connectivity index (χ2n) is 10.6. The molecule has 0 bridgehead atoms. The number of likely N-dealkylation sites (N-methyl/N-ethyl adjacent to an activating group) is 1. The zero-order chi connectivity index (χ0) is 30.2. The normalized spacial score (nSPS) is 12.3. The monoisotopic (exact) mass is 571 g/mol. The predicted molar refractivity (Wildman–Crippen MR) is 163 cm³/mol. The van der Waals surface area contributed by atoms with Crippen LogP contribution in [-0.2, 0) is 21.1 Å². The van der Waals surface area contributed by atoms with Crippen LogP contribution in [0.25, 0.3) is 33.3 Å². The molecule has 1 unspecified atom stereocenters. The molecule has 4 rings (SSSR count). The number of nitrogens with zero attached hydrogens (tertiary/aromatic N) is 5. The van der Waals surface area contributed by atoms with Crippen LogP contribution in [-0.4, -0.2) is 70.1 Å². The van der Waals surface area contributed by atoms with Crippen molar-refractivity contribution in [3.05, 3.63) is 67.4 Å². The van der Waals surface area contributed by atoms with Gasteiger partial charge in [-0.05, 0) is 50.2 Å². The van der Waals surface area contributed by atoms with Crippen molar-refractivity contribution in [1.82, 2.24) is 24.4 Å². The number of aromatic nitrogens is 4. The number of rotatable bonds is 12. The number of ether oxygens (including phenoxy) is 2. The van der Waals surface area contributed by atoms with Gasteiger partial charge in [0.05, 0.1) is 19.0 Å². The van der Waals surface area contributed by atoms with E-state index in [1.165, 1.54) is 6.08 Å². The number of nitrogens with one attached hydrogen (secondary N) is 1. The number of anilines is 1. The summed E-state index contributed by atoms with van der Waals surface area (Å²) in [6, 6.07) is 6.85. The molecule has 0 aliphatic carbocycles. The molecule has 0 aliphatic heterocycles. The highest BCUT2D eigenvalue weighted by atomic mass is 16.5. The Morgan fingerprint density at radius 3 is 2.62 bits per heavy atom. The highest BCUT2D eigenvalue weighted by molar-refractivity contribution is 6.00. The summed E-state index contributed by atoms with van der Waals surface area (Å²) in [5.41, 5.74) is 10.5. The number of fused-ring (bicyclic) bond motifs is 1. The number of pyridine rings is 3. The van der Waals surface area contributed by atoms with Crippen LogP contribution in [0.1, 0.15) is 20.3 Å². The van der Waals surface area contributed by atoms with Gasteiger partial charge in [0, 0.05) is 65.6 Å². The van der Waals surface area contributed by atoms with E-state index in [-0.39, 0.29) is 18.6 Å².